The van der Waals surface area contributed by atoms with E-state index in [1.807, 2.05) is 0 Å². The molecule has 2 heterocycles. The van der Waals surface area contributed by atoms with Crippen molar-refractivity contribution in [2.45, 2.75) is 26.2 Å². The van der Waals surface area contributed by atoms with Crippen LogP contribution in [-0.2, 0) is 14.8 Å². The van der Waals surface area contributed by atoms with Gasteiger partial charge in [-0.2, -0.15) is 4.31 Å². The molecule has 0 saturated carbocycles. The third kappa shape index (κ3) is 4.81. The second-order valence-corrected chi connectivity index (χ2v) is 8.14. The Morgan fingerprint density at radius 2 is 1.52 bits per heavy atom. The monoisotopic (exact) mass is 346 g/mol. The molecule has 0 aromatic heterocycles. The van der Waals surface area contributed by atoms with Gasteiger partial charge >= 0.3 is 6.03 Å². The summed E-state index contributed by atoms with van der Waals surface area (Å²) in [6, 6.07) is -0.302. The highest BCUT2D eigenvalue weighted by Gasteiger charge is 2.28. The van der Waals surface area contributed by atoms with E-state index in [4.69, 9.17) is 0 Å². The third-order valence-corrected chi connectivity index (χ3v) is 6.27. The van der Waals surface area contributed by atoms with Gasteiger partial charge in [0.25, 0.3) is 0 Å². The molecule has 0 aromatic rings. The zero-order chi connectivity index (χ0) is 16.9. The standard InChI is InChI=1S/C14H26N4O4S/c1-2-23(21,22)18-10-8-17(9-11-18)14(20)15-12-13(19)16-6-4-3-5-7-16/h2-12H2,1H3,(H,15,20). The Kier molecular flexibility index (Phi) is 6.23. The summed E-state index contributed by atoms with van der Waals surface area (Å²) in [4.78, 5) is 27.4. The number of nitrogens with zero attached hydrogens (tertiary/aromatic N) is 3. The van der Waals surface area contributed by atoms with Crippen molar-refractivity contribution >= 4 is 22.0 Å². The molecule has 2 aliphatic heterocycles. The van der Waals surface area contributed by atoms with Crippen LogP contribution in [0, 0.1) is 0 Å². The fraction of sp³-hybridized carbons (Fsp3) is 0.857. The number of piperazine rings is 1. The lowest BCUT2D eigenvalue weighted by Gasteiger charge is -2.34. The minimum Gasteiger partial charge on any atom is -0.341 e. The molecule has 1 N–H and O–H groups in total. The van der Waals surface area contributed by atoms with Gasteiger partial charge < -0.3 is 15.1 Å². The fourth-order valence-corrected chi connectivity index (χ4v) is 3.95. The second-order valence-electron chi connectivity index (χ2n) is 5.89. The van der Waals surface area contributed by atoms with Crippen molar-refractivity contribution in [2.75, 3.05) is 51.6 Å². The molecule has 0 unspecified atom stereocenters. The first-order valence-electron chi connectivity index (χ1n) is 8.22. The molecule has 0 atom stereocenters. The number of hydrogen-bond acceptors (Lipinski definition) is 4. The highest BCUT2D eigenvalue weighted by molar-refractivity contribution is 7.89. The number of urea groups is 1. The van der Waals surface area contributed by atoms with E-state index in [0.717, 1.165) is 32.4 Å². The molecule has 8 nitrogen and oxygen atoms in total. The second kappa shape index (κ2) is 7.96. The summed E-state index contributed by atoms with van der Waals surface area (Å²) in [5.41, 5.74) is 0. The molecule has 0 aromatic carbocycles. The summed E-state index contributed by atoms with van der Waals surface area (Å²) in [6.07, 6.45) is 3.20. The number of rotatable bonds is 4. The molecule has 2 fully saturated rings. The molecule has 132 valence electrons. The Hall–Kier alpha value is -1.35. The molecule has 2 rings (SSSR count). The number of sulfonamides is 1. The van der Waals surface area contributed by atoms with Gasteiger partial charge in [0.05, 0.1) is 12.3 Å². The molecule has 23 heavy (non-hydrogen) atoms. The number of carbonyl (C=O) groups is 2. The van der Waals surface area contributed by atoms with Crippen LogP contribution in [0.25, 0.3) is 0 Å². The Morgan fingerprint density at radius 3 is 2.09 bits per heavy atom. The Balaban J connectivity index is 1.73. The Morgan fingerprint density at radius 1 is 0.913 bits per heavy atom. The average Bonchev–Trinajstić information content (AvgIpc) is 2.60. The van der Waals surface area contributed by atoms with Crippen molar-refractivity contribution in [1.29, 1.82) is 0 Å². The van der Waals surface area contributed by atoms with Gasteiger partial charge in [-0.1, -0.05) is 0 Å². The lowest BCUT2D eigenvalue weighted by molar-refractivity contribution is -0.130. The SMILES string of the molecule is CCS(=O)(=O)N1CCN(C(=O)NCC(=O)N2CCCCC2)CC1. The zero-order valence-electron chi connectivity index (χ0n) is 13.7. The van der Waals surface area contributed by atoms with E-state index in [9.17, 15) is 18.0 Å². The van der Waals surface area contributed by atoms with E-state index in [2.05, 4.69) is 5.32 Å². The maximum absolute atomic E-state index is 12.1. The molecular formula is C14H26N4O4S. The van der Waals surface area contributed by atoms with E-state index in [-0.39, 0.29) is 24.2 Å². The summed E-state index contributed by atoms with van der Waals surface area (Å²) in [6.45, 7) is 4.47. The number of carbonyl (C=O) groups excluding carboxylic acids is 2. The maximum Gasteiger partial charge on any atom is 0.317 e. The van der Waals surface area contributed by atoms with Crippen molar-refractivity contribution < 1.29 is 18.0 Å². The van der Waals surface area contributed by atoms with E-state index < -0.39 is 10.0 Å². The molecule has 0 radical (unpaired) electrons. The van der Waals surface area contributed by atoms with Crippen molar-refractivity contribution in [1.82, 2.24) is 19.4 Å². The summed E-state index contributed by atoms with van der Waals surface area (Å²) >= 11 is 0. The van der Waals surface area contributed by atoms with Crippen LogP contribution in [-0.4, -0.2) is 86.0 Å². The van der Waals surface area contributed by atoms with Gasteiger partial charge in [0.1, 0.15) is 0 Å². The van der Waals surface area contributed by atoms with Crippen molar-refractivity contribution in [3.8, 4) is 0 Å². The Bertz CT molecular complexity index is 523. The topological polar surface area (TPSA) is 90.0 Å². The molecule has 0 bridgehead atoms. The van der Waals surface area contributed by atoms with Crippen LogP contribution >= 0.6 is 0 Å². The van der Waals surface area contributed by atoms with Gasteiger partial charge in [0, 0.05) is 39.3 Å². The minimum absolute atomic E-state index is 0.00626. The van der Waals surface area contributed by atoms with Gasteiger partial charge in [0.15, 0.2) is 0 Å². The molecule has 2 saturated heterocycles. The quantitative estimate of drug-likeness (QED) is 0.755. The first-order valence-corrected chi connectivity index (χ1v) is 9.83. The normalized spacial score (nSPS) is 20.4. The minimum atomic E-state index is -3.20. The Labute approximate surface area is 137 Å². The first kappa shape index (κ1) is 18.0. The number of nitrogens with one attached hydrogen (secondary N) is 1. The van der Waals surface area contributed by atoms with E-state index in [1.165, 1.54) is 4.31 Å². The molecule has 9 heteroatoms. The third-order valence-electron chi connectivity index (χ3n) is 4.38. The summed E-state index contributed by atoms with van der Waals surface area (Å²) in [5, 5.41) is 2.64. The summed E-state index contributed by atoms with van der Waals surface area (Å²) in [5.74, 6) is 0.0223. The van der Waals surface area contributed by atoms with Crippen LogP contribution in [0.3, 0.4) is 0 Å². The van der Waals surface area contributed by atoms with E-state index in [0.29, 0.717) is 26.2 Å². The molecule has 3 amide bonds. The van der Waals surface area contributed by atoms with Gasteiger partial charge in [0.2, 0.25) is 15.9 Å². The highest BCUT2D eigenvalue weighted by atomic mass is 32.2. The number of piperidine rings is 1. The smallest absolute Gasteiger partial charge is 0.317 e. The molecule has 2 aliphatic rings. The summed E-state index contributed by atoms with van der Waals surface area (Å²) < 4.78 is 25.0. The highest BCUT2D eigenvalue weighted by Crippen LogP contribution is 2.09. The predicted octanol–water partition coefficient (Wildman–Crippen LogP) is -0.324. The molecule has 0 aliphatic carbocycles. The van der Waals surface area contributed by atoms with Crippen LogP contribution in [0.15, 0.2) is 0 Å². The van der Waals surface area contributed by atoms with Crippen molar-refractivity contribution in [2.24, 2.45) is 0 Å². The first-order chi connectivity index (χ1) is 10.9. The van der Waals surface area contributed by atoms with E-state index >= 15 is 0 Å². The van der Waals surface area contributed by atoms with Gasteiger partial charge in [-0.25, -0.2) is 13.2 Å². The van der Waals surface area contributed by atoms with Crippen LogP contribution in [0.5, 0.6) is 0 Å². The van der Waals surface area contributed by atoms with E-state index in [1.54, 1.807) is 16.7 Å². The number of hydrogen-bond donors (Lipinski definition) is 1. The van der Waals surface area contributed by atoms with Crippen molar-refractivity contribution in [3.05, 3.63) is 0 Å². The average molecular weight is 346 g/mol. The number of likely N-dealkylation sites (tertiary alicyclic amines) is 1. The van der Waals surface area contributed by atoms with Crippen LogP contribution in [0.2, 0.25) is 0 Å². The largest absolute Gasteiger partial charge is 0.341 e. The van der Waals surface area contributed by atoms with Gasteiger partial charge in [-0.15, -0.1) is 0 Å². The van der Waals surface area contributed by atoms with Crippen LogP contribution in [0.4, 0.5) is 4.79 Å². The van der Waals surface area contributed by atoms with Crippen molar-refractivity contribution in [3.63, 3.8) is 0 Å². The predicted molar refractivity (Wildman–Crippen MR) is 86.4 cm³/mol. The van der Waals surface area contributed by atoms with Gasteiger partial charge in [-0.05, 0) is 26.2 Å². The lowest BCUT2D eigenvalue weighted by atomic mass is 10.1. The van der Waals surface area contributed by atoms with Gasteiger partial charge in [-0.3, -0.25) is 4.79 Å². The number of amides is 3. The lowest BCUT2D eigenvalue weighted by Crippen LogP contribution is -2.54. The fourth-order valence-electron chi connectivity index (χ4n) is 2.87. The van der Waals surface area contributed by atoms with Crippen LogP contribution in [0.1, 0.15) is 26.2 Å². The molecular weight excluding hydrogens is 320 g/mol. The summed E-state index contributed by atoms with van der Waals surface area (Å²) in [7, 11) is -3.20. The van der Waals surface area contributed by atoms with Crippen LogP contribution < -0.4 is 5.32 Å². The zero-order valence-corrected chi connectivity index (χ0v) is 14.5. The maximum atomic E-state index is 12.1. The molecule has 0 spiro atoms.